The Morgan fingerprint density at radius 1 is 1.33 bits per heavy atom. The standard InChI is InChI=1S/C13H20N2O3/c1-8(14)10-5-6-11(12(7-10)17-4)18-9(2)13(16)15-3/h5-9H,14H2,1-4H3,(H,15,16). The Balaban J connectivity index is 2.92. The summed E-state index contributed by atoms with van der Waals surface area (Å²) in [5.41, 5.74) is 6.75. The maximum absolute atomic E-state index is 11.4. The Bertz CT molecular complexity index is 419. The monoisotopic (exact) mass is 252 g/mol. The molecule has 0 aliphatic carbocycles. The van der Waals surface area contributed by atoms with Crippen molar-refractivity contribution in [3.05, 3.63) is 23.8 Å². The molecule has 1 aromatic carbocycles. The molecule has 1 aromatic rings. The molecule has 0 aliphatic rings. The lowest BCUT2D eigenvalue weighted by Crippen LogP contribution is -2.33. The normalized spacial score (nSPS) is 13.6. The van der Waals surface area contributed by atoms with Crippen LogP contribution in [0.5, 0.6) is 11.5 Å². The lowest BCUT2D eigenvalue weighted by atomic mass is 10.1. The number of benzene rings is 1. The zero-order valence-electron chi connectivity index (χ0n) is 11.2. The molecule has 0 heterocycles. The fourth-order valence-electron chi connectivity index (χ4n) is 1.51. The molecule has 0 aromatic heterocycles. The van der Waals surface area contributed by atoms with Crippen LogP contribution in [0.3, 0.4) is 0 Å². The topological polar surface area (TPSA) is 73.6 Å². The highest BCUT2D eigenvalue weighted by Crippen LogP contribution is 2.30. The van der Waals surface area contributed by atoms with Crippen molar-refractivity contribution in [3.8, 4) is 11.5 Å². The third-order valence-electron chi connectivity index (χ3n) is 2.63. The average molecular weight is 252 g/mol. The molecule has 0 radical (unpaired) electrons. The summed E-state index contributed by atoms with van der Waals surface area (Å²) in [6.07, 6.45) is -0.579. The minimum Gasteiger partial charge on any atom is -0.493 e. The van der Waals surface area contributed by atoms with E-state index in [1.54, 1.807) is 27.1 Å². The van der Waals surface area contributed by atoms with Gasteiger partial charge < -0.3 is 20.5 Å². The predicted molar refractivity (Wildman–Crippen MR) is 69.8 cm³/mol. The van der Waals surface area contributed by atoms with Crippen LogP contribution in [0.25, 0.3) is 0 Å². The molecule has 3 N–H and O–H groups in total. The maximum Gasteiger partial charge on any atom is 0.260 e. The second kappa shape index (κ2) is 6.26. The van der Waals surface area contributed by atoms with Crippen molar-refractivity contribution in [2.24, 2.45) is 5.73 Å². The van der Waals surface area contributed by atoms with E-state index in [9.17, 15) is 4.79 Å². The zero-order valence-corrected chi connectivity index (χ0v) is 11.2. The van der Waals surface area contributed by atoms with Crippen LogP contribution in [0.4, 0.5) is 0 Å². The summed E-state index contributed by atoms with van der Waals surface area (Å²) in [5, 5.41) is 2.53. The molecule has 0 aliphatic heterocycles. The molecule has 0 fully saturated rings. The molecule has 2 unspecified atom stereocenters. The summed E-state index contributed by atoms with van der Waals surface area (Å²) in [6.45, 7) is 3.57. The quantitative estimate of drug-likeness (QED) is 0.826. The van der Waals surface area contributed by atoms with Crippen molar-refractivity contribution < 1.29 is 14.3 Å². The number of amides is 1. The Labute approximate surface area is 107 Å². The highest BCUT2D eigenvalue weighted by molar-refractivity contribution is 5.80. The van der Waals surface area contributed by atoms with Gasteiger partial charge in [-0.05, 0) is 31.5 Å². The van der Waals surface area contributed by atoms with Gasteiger partial charge in [0.2, 0.25) is 0 Å². The summed E-state index contributed by atoms with van der Waals surface area (Å²) in [4.78, 5) is 11.4. The largest absolute Gasteiger partial charge is 0.493 e. The Kier molecular flexibility index (Phi) is 4.97. The number of likely N-dealkylation sites (N-methyl/N-ethyl adjacent to an activating group) is 1. The number of hydrogen-bond donors (Lipinski definition) is 2. The van der Waals surface area contributed by atoms with Gasteiger partial charge in [-0.1, -0.05) is 6.07 Å². The number of nitrogens with one attached hydrogen (secondary N) is 1. The van der Waals surface area contributed by atoms with Crippen molar-refractivity contribution in [1.29, 1.82) is 0 Å². The van der Waals surface area contributed by atoms with Crippen molar-refractivity contribution >= 4 is 5.91 Å². The first-order chi connectivity index (χ1) is 8.49. The average Bonchev–Trinajstić information content (AvgIpc) is 2.37. The third kappa shape index (κ3) is 3.37. The fraction of sp³-hybridized carbons (Fsp3) is 0.462. The molecule has 1 rings (SSSR count). The molecule has 18 heavy (non-hydrogen) atoms. The van der Waals surface area contributed by atoms with E-state index in [1.807, 2.05) is 19.1 Å². The summed E-state index contributed by atoms with van der Waals surface area (Å²) in [5.74, 6) is 0.909. The number of rotatable bonds is 5. The summed E-state index contributed by atoms with van der Waals surface area (Å²) < 4.78 is 10.8. The molecule has 5 nitrogen and oxygen atoms in total. The van der Waals surface area contributed by atoms with Gasteiger partial charge in [0.15, 0.2) is 17.6 Å². The molecule has 0 bridgehead atoms. The van der Waals surface area contributed by atoms with Gasteiger partial charge in [0.25, 0.3) is 5.91 Å². The molecule has 0 spiro atoms. The van der Waals surface area contributed by atoms with Crippen LogP contribution in [0.1, 0.15) is 25.5 Å². The van der Waals surface area contributed by atoms with Crippen molar-refractivity contribution in [1.82, 2.24) is 5.32 Å². The van der Waals surface area contributed by atoms with Crippen LogP contribution >= 0.6 is 0 Å². The molecule has 0 saturated carbocycles. The lowest BCUT2D eigenvalue weighted by Gasteiger charge is -2.17. The minimum absolute atomic E-state index is 0.0793. The predicted octanol–water partition coefficient (Wildman–Crippen LogP) is 1.23. The first-order valence-corrected chi connectivity index (χ1v) is 5.81. The van der Waals surface area contributed by atoms with Gasteiger partial charge in [-0.3, -0.25) is 4.79 Å². The Hall–Kier alpha value is -1.75. The number of carbonyl (C=O) groups is 1. The molecule has 2 atom stereocenters. The van der Waals surface area contributed by atoms with Crippen LogP contribution in [0.2, 0.25) is 0 Å². The van der Waals surface area contributed by atoms with E-state index in [4.69, 9.17) is 15.2 Å². The zero-order chi connectivity index (χ0) is 13.7. The van der Waals surface area contributed by atoms with Gasteiger partial charge >= 0.3 is 0 Å². The van der Waals surface area contributed by atoms with Gasteiger partial charge in [0.1, 0.15) is 0 Å². The van der Waals surface area contributed by atoms with Gasteiger partial charge in [0, 0.05) is 13.1 Å². The van der Waals surface area contributed by atoms with E-state index >= 15 is 0 Å². The lowest BCUT2D eigenvalue weighted by molar-refractivity contribution is -0.126. The van der Waals surface area contributed by atoms with E-state index in [1.165, 1.54) is 0 Å². The third-order valence-corrected chi connectivity index (χ3v) is 2.63. The Morgan fingerprint density at radius 2 is 2.00 bits per heavy atom. The minimum atomic E-state index is -0.579. The van der Waals surface area contributed by atoms with Crippen LogP contribution in [-0.4, -0.2) is 26.2 Å². The van der Waals surface area contributed by atoms with Crippen molar-refractivity contribution in [2.45, 2.75) is 26.0 Å². The highest BCUT2D eigenvalue weighted by Gasteiger charge is 2.16. The number of nitrogens with two attached hydrogens (primary N) is 1. The van der Waals surface area contributed by atoms with Gasteiger partial charge in [0.05, 0.1) is 7.11 Å². The molecule has 0 saturated heterocycles. The first kappa shape index (κ1) is 14.3. The molecule has 5 heteroatoms. The SMILES string of the molecule is CNC(=O)C(C)Oc1ccc(C(C)N)cc1OC. The highest BCUT2D eigenvalue weighted by atomic mass is 16.5. The van der Waals surface area contributed by atoms with E-state index < -0.39 is 6.10 Å². The number of carbonyl (C=O) groups excluding carboxylic acids is 1. The second-order valence-electron chi connectivity index (χ2n) is 4.07. The smallest absolute Gasteiger partial charge is 0.260 e. The van der Waals surface area contributed by atoms with Crippen LogP contribution in [0.15, 0.2) is 18.2 Å². The summed E-state index contributed by atoms with van der Waals surface area (Å²) in [6, 6.07) is 5.36. The summed E-state index contributed by atoms with van der Waals surface area (Å²) >= 11 is 0. The van der Waals surface area contributed by atoms with E-state index in [2.05, 4.69) is 5.32 Å². The van der Waals surface area contributed by atoms with Crippen LogP contribution < -0.4 is 20.5 Å². The Morgan fingerprint density at radius 3 is 2.50 bits per heavy atom. The van der Waals surface area contributed by atoms with E-state index in [0.717, 1.165) is 5.56 Å². The van der Waals surface area contributed by atoms with E-state index in [-0.39, 0.29) is 11.9 Å². The van der Waals surface area contributed by atoms with Gasteiger partial charge in [-0.15, -0.1) is 0 Å². The molecular formula is C13H20N2O3. The van der Waals surface area contributed by atoms with Gasteiger partial charge in [-0.2, -0.15) is 0 Å². The second-order valence-corrected chi connectivity index (χ2v) is 4.07. The number of ether oxygens (including phenoxy) is 2. The first-order valence-electron chi connectivity index (χ1n) is 5.81. The van der Waals surface area contributed by atoms with E-state index in [0.29, 0.717) is 11.5 Å². The fourth-order valence-corrected chi connectivity index (χ4v) is 1.51. The molecule has 100 valence electrons. The van der Waals surface area contributed by atoms with Crippen molar-refractivity contribution in [2.75, 3.05) is 14.2 Å². The maximum atomic E-state index is 11.4. The summed E-state index contributed by atoms with van der Waals surface area (Å²) in [7, 11) is 3.12. The number of methoxy groups -OCH3 is 1. The van der Waals surface area contributed by atoms with Crippen LogP contribution in [0, 0.1) is 0 Å². The molecule has 1 amide bonds. The number of hydrogen-bond acceptors (Lipinski definition) is 4. The van der Waals surface area contributed by atoms with Crippen molar-refractivity contribution in [3.63, 3.8) is 0 Å². The van der Waals surface area contributed by atoms with Gasteiger partial charge in [-0.25, -0.2) is 0 Å². The van der Waals surface area contributed by atoms with Crippen LogP contribution in [-0.2, 0) is 4.79 Å². The molecular weight excluding hydrogens is 232 g/mol.